The fourth-order valence-corrected chi connectivity index (χ4v) is 1.69. The summed E-state index contributed by atoms with van der Waals surface area (Å²) in [5.74, 6) is 2.26. The number of unbranched alkanes of at least 4 members (excludes halogenated alkanes) is 2. The average molecular weight is 291 g/mol. The molecule has 2 saturated carbocycles. The zero-order valence-corrected chi connectivity index (χ0v) is 11.8. The third-order valence-electron chi connectivity index (χ3n) is 2.39. The van der Waals surface area contributed by atoms with Crippen molar-refractivity contribution < 1.29 is 17.1 Å². The Balaban J connectivity index is 0.000000360. The number of halogens is 1. The van der Waals surface area contributed by atoms with Crippen LogP contribution in [-0.4, -0.2) is 5.88 Å². The van der Waals surface area contributed by atoms with Crippen LogP contribution in [0.25, 0.3) is 0 Å². The molecule has 0 aromatic rings. The molecule has 0 aromatic carbocycles. The van der Waals surface area contributed by atoms with E-state index in [9.17, 15) is 0 Å². The molecule has 0 spiro atoms. The van der Waals surface area contributed by atoms with Gasteiger partial charge in [-0.15, -0.1) is 11.6 Å². The molecule has 2 fully saturated rings. The third-order valence-corrected chi connectivity index (χ3v) is 2.65. The van der Waals surface area contributed by atoms with E-state index in [4.69, 9.17) is 11.6 Å². The SMILES string of the molecule is ClCCCCC[C]1[CH][CH][CH][CH]1.[CH]1[CH][CH][CH][CH]1.[Fe+2]. The van der Waals surface area contributed by atoms with Gasteiger partial charge in [0, 0.05) is 5.88 Å². The summed E-state index contributed by atoms with van der Waals surface area (Å²) in [5, 5.41) is 0. The summed E-state index contributed by atoms with van der Waals surface area (Å²) in [6.07, 6.45) is 23.5. The molecule has 0 unspecified atom stereocenters. The van der Waals surface area contributed by atoms with Crippen LogP contribution in [0.15, 0.2) is 0 Å². The number of alkyl halides is 1. The van der Waals surface area contributed by atoms with Gasteiger partial charge < -0.3 is 0 Å². The Kier molecular flexibility index (Phi) is 13.9. The monoisotopic (exact) mass is 290 g/mol. The second-order valence-electron chi connectivity index (χ2n) is 3.76. The fourth-order valence-electron chi connectivity index (χ4n) is 1.50. The van der Waals surface area contributed by atoms with Crippen molar-refractivity contribution in [2.75, 3.05) is 5.88 Å². The molecule has 0 bridgehead atoms. The van der Waals surface area contributed by atoms with E-state index in [-0.39, 0.29) is 17.1 Å². The van der Waals surface area contributed by atoms with Gasteiger partial charge in [0.1, 0.15) is 0 Å². The van der Waals surface area contributed by atoms with Crippen molar-refractivity contribution in [3.05, 3.63) is 63.7 Å². The Morgan fingerprint density at radius 3 is 1.71 bits per heavy atom. The van der Waals surface area contributed by atoms with Crippen molar-refractivity contribution in [2.24, 2.45) is 0 Å². The Hall–Kier alpha value is 0.809. The van der Waals surface area contributed by atoms with Gasteiger partial charge >= 0.3 is 17.1 Å². The summed E-state index contributed by atoms with van der Waals surface area (Å²) >= 11 is 5.56. The molecule has 17 heavy (non-hydrogen) atoms. The Bertz CT molecular complexity index is 132. The van der Waals surface area contributed by atoms with E-state index >= 15 is 0 Å². The normalized spacial score (nSPS) is 19.6. The molecule has 2 aliphatic carbocycles. The quantitative estimate of drug-likeness (QED) is 0.404. The van der Waals surface area contributed by atoms with Crippen molar-refractivity contribution in [3.8, 4) is 0 Å². The van der Waals surface area contributed by atoms with Crippen LogP contribution in [-0.2, 0) is 17.1 Å². The molecule has 92 valence electrons. The molecule has 2 rings (SSSR count). The first kappa shape index (κ1) is 17.8. The van der Waals surface area contributed by atoms with Crippen LogP contribution >= 0.6 is 11.6 Å². The number of rotatable bonds is 5. The second kappa shape index (κ2) is 13.2. The van der Waals surface area contributed by atoms with Crippen molar-refractivity contribution >= 4 is 11.6 Å². The van der Waals surface area contributed by atoms with E-state index < -0.39 is 0 Å². The summed E-state index contributed by atoms with van der Waals surface area (Å²) in [5.41, 5.74) is 0. The predicted molar refractivity (Wildman–Crippen MR) is 71.1 cm³/mol. The summed E-state index contributed by atoms with van der Waals surface area (Å²) in [7, 11) is 0. The van der Waals surface area contributed by atoms with Gasteiger partial charge in [-0.2, -0.15) is 0 Å². The van der Waals surface area contributed by atoms with Gasteiger partial charge in [0.2, 0.25) is 0 Å². The average Bonchev–Trinajstić information content (AvgIpc) is 2.99. The summed E-state index contributed by atoms with van der Waals surface area (Å²) in [4.78, 5) is 0. The van der Waals surface area contributed by atoms with E-state index in [1.807, 2.05) is 32.1 Å². The van der Waals surface area contributed by atoms with Crippen molar-refractivity contribution in [2.45, 2.75) is 25.7 Å². The van der Waals surface area contributed by atoms with E-state index in [0.29, 0.717) is 0 Å². The third kappa shape index (κ3) is 10.4. The molecule has 0 aromatic heterocycles. The number of hydrogen-bond donors (Lipinski definition) is 0. The molecule has 0 amide bonds. The minimum Gasteiger partial charge on any atom is -0.127 e. The van der Waals surface area contributed by atoms with Crippen molar-refractivity contribution in [3.63, 3.8) is 0 Å². The Morgan fingerprint density at radius 1 is 0.706 bits per heavy atom. The maximum absolute atomic E-state index is 5.56. The van der Waals surface area contributed by atoms with Crippen molar-refractivity contribution in [1.29, 1.82) is 0 Å². The Labute approximate surface area is 124 Å². The van der Waals surface area contributed by atoms with Gasteiger partial charge in [0.05, 0.1) is 0 Å². The van der Waals surface area contributed by atoms with E-state index in [1.54, 1.807) is 0 Å². The molecule has 0 atom stereocenters. The first-order chi connectivity index (χ1) is 7.93. The van der Waals surface area contributed by atoms with Crippen LogP contribution in [0.4, 0.5) is 0 Å². The van der Waals surface area contributed by atoms with Gasteiger partial charge in [-0.3, -0.25) is 0 Å². The maximum atomic E-state index is 5.56. The summed E-state index contributed by atoms with van der Waals surface area (Å²) in [6.45, 7) is 0. The van der Waals surface area contributed by atoms with Crippen LogP contribution in [0.3, 0.4) is 0 Å². The minimum atomic E-state index is 0. The molecule has 0 saturated heterocycles. The van der Waals surface area contributed by atoms with Crippen LogP contribution in [0.5, 0.6) is 0 Å². The van der Waals surface area contributed by atoms with Crippen LogP contribution in [0.2, 0.25) is 0 Å². The van der Waals surface area contributed by atoms with Crippen LogP contribution in [0, 0.1) is 63.7 Å². The summed E-state index contributed by atoms with van der Waals surface area (Å²) in [6, 6.07) is 0. The molecule has 0 aliphatic heterocycles. The molecule has 0 nitrogen and oxygen atoms in total. The molecule has 2 aliphatic rings. The van der Waals surface area contributed by atoms with E-state index in [1.165, 1.54) is 25.2 Å². The second-order valence-corrected chi connectivity index (χ2v) is 4.13. The van der Waals surface area contributed by atoms with Crippen LogP contribution < -0.4 is 0 Å². The van der Waals surface area contributed by atoms with E-state index in [0.717, 1.165) is 12.3 Å². The van der Waals surface area contributed by atoms with Gasteiger partial charge in [-0.1, -0.05) is 12.8 Å². The minimum absolute atomic E-state index is 0. The van der Waals surface area contributed by atoms with Gasteiger partial charge in [0.25, 0.3) is 0 Å². The zero-order valence-electron chi connectivity index (χ0n) is 9.96. The topological polar surface area (TPSA) is 0 Å². The molecular formula is C15H19ClFe+2. The largest absolute Gasteiger partial charge is 2.00 e. The molecule has 10 radical (unpaired) electrons. The first-order valence-corrected chi connectivity index (χ1v) is 6.40. The molecule has 0 N–H and O–H groups in total. The summed E-state index contributed by atoms with van der Waals surface area (Å²) < 4.78 is 0. The number of hydrogen-bond acceptors (Lipinski definition) is 0. The Morgan fingerprint density at radius 2 is 1.24 bits per heavy atom. The smallest absolute Gasteiger partial charge is 0.127 e. The maximum Gasteiger partial charge on any atom is 2.00 e. The first-order valence-electron chi connectivity index (χ1n) is 5.86. The zero-order chi connectivity index (χ0) is 11.5. The van der Waals surface area contributed by atoms with E-state index in [2.05, 4.69) is 25.7 Å². The molecule has 0 heterocycles. The van der Waals surface area contributed by atoms with Gasteiger partial charge in [-0.05, 0) is 76.5 Å². The standard InChI is InChI=1S/C10H14Cl.C5H5.Fe/c11-9-5-1-2-6-10-7-3-4-8-10;1-2-4-5-3-1;/h3-4,7-8H,1-2,5-6,9H2;1-5H;/q;;+2. The molecular weight excluding hydrogens is 271 g/mol. The predicted octanol–water partition coefficient (Wildman–Crippen LogP) is 4.21. The van der Waals surface area contributed by atoms with Crippen LogP contribution in [0.1, 0.15) is 25.7 Å². The fraction of sp³-hybridized carbons (Fsp3) is 0.333. The van der Waals surface area contributed by atoms with Gasteiger partial charge in [-0.25, -0.2) is 0 Å². The van der Waals surface area contributed by atoms with Crippen molar-refractivity contribution in [1.82, 2.24) is 0 Å². The van der Waals surface area contributed by atoms with Gasteiger partial charge in [0.15, 0.2) is 0 Å². The molecule has 2 heteroatoms.